The first-order valence-corrected chi connectivity index (χ1v) is 5.41. The van der Waals surface area contributed by atoms with Crippen LogP contribution in [0.1, 0.15) is 19.8 Å². The van der Waals surface area contributed by atoms with Gasteiger partial charge in [-0.05, 0) is 25.9 Å². The zero-order chi connectivity index (χ0) is 12.2. The van der Waals surface area contributed by atoms with Gasteiger partial charge in [-0.25, -0.2) is 8.78 Å². The lowest BCUT2D eigenvalue weighted by molar-refractivity contribution is -0.132. The SMILES string of the molecule is CC1(C(=O)NCC(O)C(F)F)CCNCC1. The number of hydrogen-bond acceptors (Lipinski definition) is 3. The standard InChI is InChI=1S/C10H18F2N2O2/c1-10(2-4-13-5-3-10)9(16)14-6-7(15)8(11)12/h7-8,13,15H,2-6H2,1H3,(H,14,16). The minimum Gasteiger partial charge on any atom is -0.385 e. The van der Waals surface area contributed by atoms with Crippen molar-refractivity contribution < 1.29 is 18.7 Å². The number of carbonyl (C=O) groups is 1. The Kier molecular flexibility index (Phi) is 4.61. The highest BCUT2D eigenvalue weighted by Gasteiger charge is 2.34. The molecule has 0 saturated carbocycles. The molecule has 0 aromatic rings. The van der Waals surface area contributed by atoms with Gasteiger partial charge in [0.15, 0.2) is 0 Å². The number of amides is 1. The highest BCUT2D eigenvalue weighted by molar-refractivity contribution is 5.82. The predicted molar refractivity (Wildman–Crippen MR) is 55.2 cm³/mol. The van der Waals surface area contributed by atoms with Crippen LogP contribution in [0.4, 0.5) is 8.78 Å². The van der Waals surface area contributed by atoms with Crippen molar-refractivity contribution in [3.05, 3.63) is 0 Å². The lowest BCUT2D eigenvalue weighted by atomic mass is 9.80. The third-order valence-electron chi connectivity index (χ3n) is 3.02. The smallest absolute Gasteiger partial charge is 0.265 e. The highest BCUT2D eigenvalue weighted by Crippen LogP contribution is 2.27. The second-order valence-electron chi connectivity index (χ2n) is 4.42. The topological polar surface area (TPSA) is 61.4 Å². The molecule has 0 bridgehead atoms. The number of nitrogens with one attached hydrogen (secondary N) is 2. The van der Waals surface area contributed by atoms with Gasteiger partial charge in [0.2, 0.25) is 5.91 Å². The molecule has 1 saturated heterocycles. The monoisotopic (exact) mass is 236 g/mol. The molecule has 1 fully saturated rings. The molecule has 1 unspecified atom stereocenters. The first-order valence-electron chi connectivity index (χ1n) is 5.41. The maximum Gasteiger partial charge on any atom is 0.265 e. The molecule has 6 heteroatoms. The molecule has 1 aliphatic rings. The first-order chi connectivity index (χ1) is 7.46. The van der Waals surface area contributed by atoms with Crippen molar-refractivity contribution in [2.45, 2.75) is 32.3 Å². The average Bonchev–Trinajstić information content (AvgIpc) is 2.26. The summed E-state index contributed by atoms with van der Waals surface area (Å²) in [6.45, 7) is 2.93. The van der Waals surface area contributed by atoms with E-state index in [1.165, 1.54) is 0 Å². The number of hydrogen-bond donors (Lipinski definition) is 3. The van der Waals surface area contributed by atoms with Crippen molar-refractivity contribution in [1.29, 1.82) is 0 Å². The Labute approximate surface area is 93.4 Å². The van der Waals surface area contributed by atoms with E-state index < -0.39 is 17.9 Å². The third-order valence-corrected chi connectivity index (χ3v) is 3.02. The van der Waals surface area contributed by atoms with Gasteiger partial charge in [-0.1, -0.05) is 6.92 Å². The van der Waals surface area contributed by atoms with Gasteiger partial charge in [0.1, 0.15) is 6.10 Å². The summed E-state index contributed by atoms with van der Waals surface area (Å²) >= 11 is 0. The number of alkyl halides is 2. The second-order valence-corrected chi connectivity index (χ2v) is 4.42. The molecule has 0 aromatic heterocycles. The lowest BCUT2D eigenvalue weighted by Gasteiger charge is -2.32. The van der Waals surface area contributed by atoms with Crippen molar-refractivity contribution in [3.8, 4) is 0 Å². The Hall–Kier alpha value is -0.750. The van der Waals surface area contributed by atoms with Crippen LogP contribution in [0.25, 0.3) is 0 Å². The molecule has 1 atom stereocenters. The van der Waals surface area contributed by atoms with Crippen molar-refractivity contribution in [3.63, 3.8) is 0 Å². The Morgan fingerprint density at radius 1 is 1.50 bits per heavy atom. The highest BCUT2D eigenvalue weighted by atomic mass is 19.3. The van der Waals surface area contributed by atoms with Crippen molar-refractivity contribution in [2.24, 2.45) is 5.41 Å². The van der Waals surface area contributed by atoms with Crippen LogP contribution >= 0.6 is 0 Å². The molecule has 4 nitrogen and oxygen atoms in total. The number of carbonyl (C=O) groups excluding carboxylic acids is 1. The van der Waals surface area contributed by atoms with Crippen LogP contribution in [-0.2, 0) is 4.79 Å². The summed E-state index contributed by atoms with van der Waals surface area (Å²) < 4.78 is 24.0. The summed E-state index contributed by atoms with van der Waals surface area (Å²) in [6, 6.07) is 0. The van der Waals surface area contributed by atoms with E-state index in [0.29, 0.717) is 12.8 Å². The first kappa shape index (κ1) is 13.3. The number of piperidine rings is 1. The maximum absolute atomic E-state index is 12.0. The molecule has 94 valence electrons. The minimum atomic E-state index is -2.82. The van der Waals surface area contributed by atoms with E-state index in [1.54, 1.807) is 0 Å². The summed E-state index contributed by atoms with van der Waals surface area (Å²) in [4.78, 5) is 11.8. The quantitative estimate of drug-likeness (QED) is 0.649. The van der Waals surface area contributed by atoms with E-state index in [-0.39, 0.29) is 12.5 Å². The Balaban J connectivity index is 2.39. The third kappa shape index (κ3) is 3.38. The molecule has 3 N–H and O–H groups in total. The number of aliphatic hydroxyl groups is 1. The van der Waals surface area contributed by atoms with Crippen LogP contribution in [0.3, 0.4) is 0 Å². The van der Waals surface area contributed by atoms with Crippen molar-refractivity contribution in [2.75, 3.05) is 19.6 Å². The molecule has 0 radical (unpaired) electrons. The van der Waals surface area contributed by atoms with Gasteiger partial charge in [-0.2, -0.15) is 0 Å². The van der Waals surface area contributed by atoms with Gasteiger partial charge in [-0.15, -0.1) is 0 Å². The summed E-state index contributed by atoms with van der Waals surface area (Å²) in [5.74, 6) is -0.256. The van der Waals surface area contributed by atoms with Gasteiger partial charge >= 0.3 is 0 Å². The summed E-state index contributed by atoms with van der Waals surface area (Å²) in [5, 5.41) is 14.4. The van der Waals surface area contributed by atoms with Crippen LogP contribution in [0.5, 0.6) is 0 Å². The summed E-state index contributed by atoms with van der Waals surface area (Å²) in [6.07, 6.45) is -3.23. The Morgan fingerprint density at radius 3 is 2.56 bits per heavy atom. The van der Waals surface area contributed by atoms with Crippen LogP contribution in [-0.4, -0.2) is 43.2 Å². The van der Waals surface area contributed by atoms with E-state index in [1.807, 2.05) is 6.92 Å². The molecule has 0 aliphatic carbocycles. The van der Waals surface area contributed by atoms with Gasteiger partial charge in [0, 0.05) is 12.0 Å². The molecule has 1 aliphatic heterocycles. The molecule has 1 rings (SSSR count). The van der Waals surface area contributed by atoms with Crippen LogP contribution in [0, 0.1) is 5.41 Å². The zero-order valence-electron chi connectivity index (χ0n) is 9.30. The fourth-order valence-corrected chi connectivity index (χ4v) is 1.71. The number of rotatable bonds is 4. The van der Waals surface area contributed by atoms with Crippen LogP contribution < -0.4 is 10.6 Å². The van der Waals surface area contributed by atoms with E-state index >= 15 is 0 Å². The molecular weight excluding hydrogens is 218 g/mol. The summed E-state index contributed by atoms with van der Waals surface area (Å²) in [5.41, 5.74) is -0.507. The Morgan fingerprint density at radius 2 is 2.06 bits per heavy atom. The van der Waals surface area contributed by atoms with Crippen LogP contribution in [0.15, 0.2) is 0 Å². The van der Waals surface area contributed by atoms with E-state index in [9.17, 15) is 13.6 Å². The van der Waals surface area contributed by atoms with E-state index in [2.05, 4.69) is 10.6 Å². The second kappa shape index (κ2) is 5.54. The maximum atomic E-state index is 12.0. The predicted octanol–water partition coefficient (Wildman–Crippen LogP) is 0.118. The number of halogens is 2. The number of aliphatic hydroxyl groups excluding tert-OH is 1. The fourth-order valence-electron chi connectivity index (χ4n) is 1.71. The van der Waals surface area contributed by atoms with Gasteiger partial charge < -0.3 is 15.7 Å². The normalized spacial score (nSPS) is 21.8. The molecule has 0 aromatic carbocycles. The average molecular weight is 236 g/mol. The molecule has 0 spiro atoms. The molecule has 1 amide bonds. The Bertz CT molecular complexity index is 243. The zero-order valence-corrected chi connectivity index (χ0v) is 9.30. The van der Waals surface area contributed by atoms with Crippen molar-refractivity contribution in [1.82, 2.24) is 10.6 Å². The van der Waals surface area contributed by atoms with E-state index in [0.717, 1.165) is 13.1 Å². The van der Waals surface area contributed by atoms with Gasteiger partial charge in [0.25, 0.3) is 6.43 Å². The summed E-state index contributed by atoms with van der Waals surface area (Å²) in [7, 11) is 0. The van der Waals surface area contributed by atoms with Crippen molar-refractivity contribution >= 4 is 5.91 Å². The fraction of sp³-hybridized carbons (Fsp3) is 0.900. The molecule has 16 heavy (non-hydrogen) atoms. The van der Waals surface area contributed by atoms with Gasteiger partial charge in [-0.3, -0.25) is 4.79 Å². The molecular formula is C10H18F2N2O2. The lowest BCUT2D eigenvalue weighted by Crippen LogP contribution is -2.48. The van der Waals surface area contributed by atoms with E-state index in [4.69, 9.17) is 5.11 Å². The van der Waals surface area contributed by atoms with Crippen LogP contribution in [0.2, 0.25) is 0 Å². The molecule has 1 heterocycles. The minimum absolute atomic E-state index is 0.256. The largest absolute Gasteiger partial charge is 0.385 e. The van der Waals surface area contributed by atoms with Gasteiger partial charge in [0.05, 0.1) is 0 Å².